The van der Waals surface area contributed by atoms with Crippen LogP contribution in [0.15, 0.2) is 36.9 Å². The number of pyridine rings is 1. The van der Waals surface area contributed by atoms with E-state index in [0.29, 0.717) is 6.42 Å². The Hall–Kier alpha value is -2.00. The van der Waals surface area contributed by atoms with Gasteiger partial charge in [-0.2, -0.15) is 8.42 Å². The highest BCUT2D eigenvalue weighted by Gasteiger charge is 2.25. The average molecular weight is 423 g/mol. The maximum atomic E-state index is 11.5. The number of aliphatic hydroxyl groups excluding tert-OH is 1. The van der Waals surface area contributed by atoms with Gasteiger partial charge in [-0.25, -0.2) is 4.98 Å². The van der Waals surface area contributed by atoms with Crippen LogP contribution in [0.1, 0.15) is 22.6 Å². The Morgan fingerprint density at radius 3 is 2.45 bits per heavy atom. The number of aliphatic hydroxyl groups is 1. The predicted octanol–water partition coefficient (Wildman–Crippen LogP) is 2.50. The van der Waals surface area contributed by atoms with Gasteiger partial charge < -0.3 is 14.4 Å². The number of nitrogens with zero attached hydrogens (tertiary/aromatic N) is 2. The van der Waals surface area contributed by atoms with Crippen molar-refractivity contribution in [1.29, 1.82) is 0 Å². The van der Waals surface area contributed by atoms with Crippen molar-refractivity contribution in [3.05, 3.63) is 59.6 Å². The van der Waals surface area contributed by atoms with Crippen molar-refractivity contribution in [2.75, 3.05) is 26.1 Å². The molecule has 0 unspecified atom stereocenters. The second kappa shape index (κ2) is 10.2. The number of aromatic nitrogens is 2. The topological polar surface area (TPSA) is 90.6 Å². The van der Waals surface area contributed by atoms with Crippen LogP contribution in [0, 0.1) is 26.7 Å². The Bertz CT molecular complexity index is 917. The van der Waals surface area contributed by atoms with Gasteiger partial charge >= 0.3 is 0 Å². The van der Waals surface area contributed by atoms with Crippen LogP contribution in [0.3, 0.4) is 0 Å². The molecule has 0 aliphatic carbocycles. The van der Waals surface area contributed by atoms with E-state index in [1.54, 1.807) is 6.08 Å². The monoisotopic (exact) mass is 422 g/mol. The first kappa shape index (κ1) is 23.3. The van der Waals surface area contributed by atoms with Crippen molar-refractivity contribution in [3.63, 3.8) is 0 Å². The molecule has 0 aromatic carbocycles. The first-order chi connectivity index (χ1) is 13.6. The fourth-order valence-corrected chi connectivity index (χ4v) is 3.70. The number of aryl methyl sites for hydroxylation is 3. The van der Waals surface area contributed by atoms with E-state index in [1.807, 2.05) is 45.0 Å². The third-order valence-corrected chi connectivity index (χ3v) is 5.18. The highest BCUT2D eigenvalue weighted by molar-refractivity contribution is 7.85. The Morgan fingerprint density at radius 2 is 1.90 bits per heavy atom. The van der Waals surface area contributed by atoms with Gasteiger partial charge in [0.15, 0.2) is 0 Å². The minimum atomic E-state index is -3.62. The van der Waals surface area contributed by atoms with Crippen LogP contribution in [0.25, 0.3) is 5.82 Å². The van der Waals surface area contributed by atoms with Crippen LogP contribution in [-0.4, -0.2) is 55.3 Å². The van der Waals surface area contributed by atoms with E-state index in [2.05, 4.69) is 11.1 Å². The highest BCUT2D eigenvalue weighted by atomic mass is 32.2. The van der Waals surface area contributed by atoms with Gasteiger partial charge in [-0.3, -0.25) is 4.18 Å². The maximum Gasteiger partial charge on any atom is 0.264 e. The minimum Gasteiger partial charge on any atom is -0.394 e. The largest absolute Gasteiger partial charge is 0.394 e. The molecule has 1 N–H and O–H groups in total. The lowest BCUT2D eigenvalue weighted by molar-refractivity contribution is -0.0222. The van der Waals surface area contributed by atoms with E-state index >= 15 is 0 Å². The summed E-state index contributed by atoms with van der Waals surface area (Å²) in [6.07, 6.45) is 2.38. The Labute approximate surface area is 173 Å². The summed E-state index contributed by atoms with van der Waals surface area (Å²) in [6.45, 7) is 9.52. The first-order valence-corrected chi connectivity index (χ1v) is 11.3. The van der Waals surface area contributed by atoms with E-state index in [1.165, 1.54) is 0 Å². The fraction of sp³-hybridized carbons (Fsp3) is 0.476. The van der Waals surface area contributed by atoms with Crippen molar-refractivity contribution in [2.24, 2.45) is 5.92 Å². The fourth-order valence-electron chi connectivity index (χ4n) is 3.28. The standard InChI is InChI=1S/C21H30N2O5S/c1-6-9-27-20(13-24)18(14-28-29(5,25)26)12-19-10-15(2)11-21(22-19)23-16(3)7-8-17(23)4/h6-8,10-11,18,20,24H,1,9,12-14H2,2-5H3/t18-,20+/m1/s1. The smallest absolute Gasteiger partial charge is 0.264 e. The van der Waals surface area contributed by atoms with E-state index in [0.717, 1.165) is 34.7 Å². The summed E-state index contributed by atoms with van der Waals surface area (Å²) in [7, 11) is -3.62. The molecule has 0 radical (unpaired) electrons. The van der Waals surface area contributed by atoms with Gasteiger partial charge in [-0.15, -0.1) is 6.58 Å². The zero-order valence-electron chi connectivity index (χ0n) is 17.5. The molecule has 0 aliphatic rings. The summed E-state index contributed by atoms with van der Waals surface area (Å²) in [5.74, 6) is 0.402. The molecule has 0 saturated heterocycles. The zero-order valence-corrected chi connectivity index (χ0v) is 18.3. The summed E-state index contributed by atoms with van der Waals surface area (Å²) in [5, 5.41) is 9.77. The molecule has 0 fully saturated rings. The van der Waals surface area contributed by atoms with Crippen LogP contribution in [0.2, 0.25) is 0 Å². The van der Waals surface area contributed by atoms with Crippen LogP contribution >= 0.6 is 0 Å². The van der Waals surface area contributed by atoms with Gasteiger partial charge in [0.05, 0.1) is 32.2 Å². The molecule has 2 heterocycles. The van der Waals surface area contributed by atoms with Crippen LogP contribution in [-0.2, 0) is 25.5 Å². The molecule has 0 amide bonds. The lowest BCUT2D eigenvalue weighted by Crippen LogP contribution is -2.34. The van der Waals surface area contributed by atoms with Crippen LogP contribution in [0.4, 0.5) is 0 Å². The minimum absolute atomic E-state index is 0.103. The summed E-state index contributed by atoms with van der Waals surface area (Å²) < 4.78 is 35.7. The number of ether oxygens (including phenoxy) is 1. The third kappa shape index (κ3) is 6.78. The quantitative estimate of drug-likeness (QED) is 0.442. The van der Waals surface area contributed by atoms with Crippen LogP contribution < -0.4 is 0 Å². The molecule has 0 saturated carbocycles. The normalized spacial score (nSPS) is 14.0. The van der Waals surface area contributed by atoms with Crippen molar-refractivity contribution < 1.29 is 22.4 Å². The average Bonchev–Trinajstić information content (AvgIpc) is 2.97. The molecule has 2 aromatic rings. The van der Waals surface area contributed by atoms with E-state index in [4.69, 9.17) is 13.9 Å². The summed E-state index contributed by atoms with van der Waals surface area (Å²) in [5.41, 5.74) is 3.96. The van der Waals surface area contributed by atoms with Gasteiger partial charge in [0.1, 0.15) is 5.82 Å². The van der Waals surface area contributed by atoms with Crippen molar-refractivity contribution in [3.8, 4) is 5.82 Å². The van der Waals surface area contributed by atoms with E-state index in [9.17, 15) is 13.5 Å². The maximum absolute atomic E-state index is 11.5. The SMILES string of the molecule is C=CCO[C@@H](CO)[C@@H](COS(C)(=O)=O)Cc1cc(C)cc(-n2c(C)ccc2C)n1. The summed E-state index contributed by atoms with van der Waals surface area (Å²) in [4.78, 5) is 4.78. The summed E-state index contributed by atoms with van der Waals surface area (Å²) >= 11 is 0. The number of hydrogen-bond acceptors (Lipinski definition) is 6. The lowest BCUT2D eigenvalue weighted by atomic mass is 9.97. The van der Waals surface area contributed by atoms with Gasteiger partial charge in [0.2, 0.25) is 0 Å². The molecule has 7 nitrogen and oxygen atoms in total. The molecular weight excluding hydrogens is 392 g/mol. The third-order valence-electron chi connectivity index (χ3n) is 4.61. The van der Waals surface area contributed by atoms with Crippen molar-refractivity contribution in [1.82, 2.24) is 9.55 Å². The predicted molar refractivity (Wildman–Crippen MR) is 113 cm³/mol. The van der Waals surface area contributed by atoms with Gasteiger partial charge in [-0.1, -0.05) is 6.08 Å². The van der Waals surface area contributed by atoms with Crippen LogP contribution in [0.5, 0.6) is 0 Å². The Morgan fingerprint density at radius 1 is 1.24 bits per heavy atom. The molecule has 2 atom stereocenters. The van der Waals surface area contributed by atoms with Gasteiger partial charge in [0.25, 0.3) is 10.1 Å². The summed E-state index contributed by atoms with van der Waals surface area (Å²) in [6, 6.07) is 8.02. The Kier molecular flexibility index (Phi) is 8.15. The van der Waals surface area contributed by atoms with E-state index in [-0.39, 0.29) is 19.8 Å². The Balaban J connectivity index is 2.34. The van der Waals surface area contributed by atoms with Crippen molar-refractivity contribution >= 4 is 10.1 Å². The number of hydrogen-bond donors (Lipinski definition) is 1. The van der Waals surface area contributed by atoms with Crippen molar-refractivity contribution in [2.45, 2.75) is 33.3 Å². The first-order valence-electron chi connectivity index (χ1n) is 9.45. The molecule has 0 spiro atoms. The molecule has 0 aliphatic heterocycles. The molecular formula is C21H30N2O5S. The molecule has 2 aromatic heterocycles. The van der Waals surface area contributed by atoms with Gasteiger partial charge in [0, 0.05) is 23.0 Å². The highest BCUT2D eigenvalue weighted by Crippen LogP contribution is 2.21. The molecule has 160 valence electrons. The van der Waals surface area contributed by atoms with Gasteiger partial charge in [-0.05, 0) is 57.0 Å². The molecule has 0 bridgehead atoms. The molecule has 8 heteroatoms. The second-order valence-electron chi connectivity index (χ2n) is 7.24. The second-order valence-corrected chi connectivity index (χ2v) is 8.89. The van der Waals surface area contributed by atoms with E-state index < -0.39 is 22.1 Å². The zero-order chi connectivity index (χ0) is 21.6. The molecule has 2 rings (SSSR count). The lowest BCUT2D eigenvalue weighted by Gasteiger charge is -2.25. The number of rotatable bonds is 11. The molecule has 29 heavy (non-hydrogen) atoms.